The minimum absolute atomic E-state index is 0.213. The lowest BCUT2D eigenvalue weighted by Gasteiger charge is -2.39. The van der Waals surface area contributed by atoms with Gasteiger partial charge in [-0.1, -0.05) is 18.6 Å². The van der Waals surface area contributed by atoms with Crippen LogP contribution in [-0.4, -0.2) is 91.4 Å². The van der Waals surface area contributed by atoms with E-state index in [0.717, 1.165) is 19.4 Å². The Kier molecular flexibility index (Phi) is 5.93. The Bertz CT molecular complexity index is 1450. The highest BCUT2D eigenvalue weighted by Crippen LogP contribution is 2.48. The summed E-state index contributed by atoms with van der Waals surface area (Å²) in [6.45, 7) is 5.83. The molecule has 1 saturated carbocycles. The van der Waals surface area contributed by atoms with Crippen LogP contribution in [0.2, 0.25) is 0 Å². The van der Waals surface area contributed by atoms with Crippen LogP contribution in [0.4, 0.5) is 5.82 Å². The van der Waals surface area contributed by atoms with Crippen molar-refractivity contribution < 1.29 is 23.8 Å². The predicted molar refractivity (Wildman–Crippen MR) is 143 cm³/mol. The van der Waals surface area contributed by atoms with Crippen LogP contribution in [0, 0.1) is 0 Å². The predicted octanol–water partition coefficient (Wildman–Crippen LogP) is 2.15. The van der Waals surface area contributed by atoms with Gasteiger partial charge in [0.1, 0.15) is 24.1 Å². The minimum atomic E-state index is -0.949. The number of aromatic nitrogens is 4. The highest BCUT2D eigenvalue weighted by Gasteiger charge is 2.63. The van der Waals surface area contributed by atoms with E-state index in [1.54, 1.807) is 30.6 Å². The number of amides is 2. The van der Waals surface area contributed by atoms with E-state index in [9.17, 15) is 9.59 Å². The molecule has 0 spiro atoms. The molecule has 7 rings (SSSR count). The molecule has 0 unspecified atom stereocenters. The van der Waals surface area contributed by atoms with Crippen molar-refractivity contribution in [1.82, 2.24) is 29.3 Å². The first-order chi connectivity index (χ1) is 19.3. The number of hydrogen-bond acceptors (Lipinski definition) is 10. The van der Waals surface area contributed by atoms with Gasteiger partial charge in [0.25, 0.3) is 11.8 Å². The number of fused-ring (bicyclic) bond motifs is 3. The number of nitrogens with two attached hydrogens (primary N) is 1. The van der Waals surface area contributed by atoms with Crippen molar-refractivity contribution in [3.8, 4) is 0 Å². The number of carbonyl (C=O) groups is 2. The van der Waals surface area contributed by atoms with Crippen LogP contribution in [0.3, 0.4) is 0 Å². The highest BCUT2D eigenvalue weighted by molar-refractivity contribution is 6.21. The molecular weight excluding hydrogens is 514 g/mol. The molecular formula is C28H33N7O5. The van der Waals surface area contributed by atoms with Crippen LogP contribution in [0.25, 0.3) is 11.2 Å². The van der Waals surface area contributed by atoms with E-state index in [0.29, 0.717) is 53.7 Å². The Labute approximate surface area is 231 Å². The summed E-state index contributed by atoms with van der Waals surface area (Å²) in [6, 6.07) is 7.44. The van der Waals surface area contributed by atoms with E-state index in [-0.39, 0.29) is 24.5 Å². The molecule has 3 atom stereocenters. The fourth-order valence-corrected chi connectivity index (χ4v) is 6.51. The van der Waals surface area contributed by atoms with Crippen molar-refractivity contribution in [2.75, 3.05) is 32.0 Å². The molecule has 210 valence electrons. The van der Waals surface area contributed by atoms with Crippen molar-refractivity contribution in [3.05, 3.63) is 48.0 Å². The molecule has 5 heterocycles. The zero-order valence-corrected chi connectivity index (χ0v) is 22.7. The van der Waals surface area contributed by atoms with Gasteiger partial charge in [0.15, 0.2) is 17.3 Å². The Balaban J connectivity index is 1.09. The van der Waals surface area contributed by atoms with Gasteiger partial charge in [-0.3, -0.25) is 24.0 Å². The topological polar surface area (TPSA) is 138 Å². The van der Waals surface area contributed by atoms with E-state index >= 15 is 0 Å². The summed E-state index contributed by atoms with van der Waals surface area (Å²) >= 11 is 0. The lowest BCUT2D eigenvalue weighted by atomic mass is 9.90. The standard InChI is InChI=1S/C28H33N7O5/c1-27(2)39-22-20(38-14-28(22,40-27)35-16-32-21-23(29)30-15-31-24(21)35)13-33(17-7-5-8-17)11-6-12-34-25(36)18-9-3-4-10-19(18)26(34)37/h3-4,9-10,15-17,20,22H,5-8,11-14H2,1-2H3,(H2,29,30,31)/t20-,22-,28-/m1/s1. The second kappa shape index (κ2) is 9.30. The van der Waals surface area contributed by atoms with E-state index < -0.39 is 17.6 Å². The molecule has 1 aliphatic carbocycles. The maximum atomic E-state index is 12.8. The van der Waals surface area contributed by atoms with Gasteiger partial charge in [-0.15, -0.1) is 0 Å². The lowest BCUT2D eigenvalue weighted by molar-refractivity contribution is -0.206. The number of nitrogens with zero attached hydrogens (tertiary/aromatic N) is 6. The molecule has 3 aliphatic heterocycles. The van der Waals surface area contributed by atoms with Crippen LogP contribution < -0.4 is 5.73 Å². The van der Waals surface area contributed by atoms with Gasteiger partial charge < -0.3 is 19.9 Å². The van der Waals surface area contributed by atoms with Gasteiger partial charge in [-0.05, 0) is 45.2 Å². The molecule has 2 aromatic heterocycles. The Morgan fingerprint density at radius 2 is 1.85 bits per heavy atom. The quantitative estimate of drug-likeness (QED) is 0.418. The Hall–Kier alpha value is -3.45. The number of rotatable bonds is 8. The smallest absolute Gasteiger partial charge is 0.261 e. The number of imide groups is 1. The SMILES string of the molecule is CC1(C)O[C@@H]2[C@@H](CN(CCCN3C(=O)c4ccccc4C3=O)C3CCC3)OC[C@@]2(n2cnc3c(N)ncnc32)O1. The number of carbonyl (C=O) groups excluding carboxylic acids is 2. The fraction of sp³-hybridized carbons (Fsp3) is 0.536. The molecule has 2 amide bonds. The third-order valence-corrected chi connectivity index (χ3v) is 8.60. The van der Waals surface area contributed by atoms with Crippen molar-refractivity contribution in [1.29, 1.82) is 0 Å². The third kappa shape index (κ3) is 3.92. The zero-order chi connectivity index (χ0) is 27.6. The average Bonchev–Trinajstić information content (AvgIpc) is 3.60. The summed E-state index contributed by atoms with van der Waals surface area (Å²) in [5.41, 5.74) is 7.16. The summed E-state index contributed by atoms with van der Waals surface area (Å²) in [7, 11) is 0. The summed E-state index contributed by atoms with van der Waals surface area (Å²) in [5, 5.41) is 0. The molecule has 0 bridgehead atoms. The number of imidazole rings is 1. The highest BCUT2D eigenvalue weighted by atomic mass is 16.8. The lowest BCUT2D eigenvalue weighted by Crippen LogP contribution is -2.50. The normalized spacial score (nSPS) is 27.5. The molecule has 3 aromatic rings. The van der Waals surface area contributed by atoms with E-state index in [4.69, 9.17) is 19.9 Å². The van der Waals surface area contributed by atoms with Crippen LogP contribution in [0.1, 0.15) is 60.2 Å². The van der Waals surface area contributed by atoms with Crippen molar-refractivity contribution in [3.63, 3.8) is 0 Å². The van der Waals surface area contributed by atoms with Crippen LogP contribution in [0.15, 0.2) is 36.9 Å². The van der Waals surface area contributed by atoms with E-state index in [1.807, 2.05) is 18.4 Å². The van der Waals surface area contributed by atoms with Crippen molar-refractivity contribution in [2.45, 2.75) is 69.3 Å². The number of ether oxygens (including phenoxy) is 3. The summed E-state index contributed by atoms with van der Waals surface area (Å²) in [6.07, 6.45) is 6.51. The van der Waals surface area contributed by atoms with Gasteiger partial charge in [0.05, 0.1) is 24.1 Å². The third-order valence-electron chi connectivity index (χ3n) is 8.60. The van der Waals surface area contributed by atoms with E-state index in [2.05, 4.69) is 19.9 Å². The number of nitrogen functional groups attached to an aromatic ring is 1. The maximum absolute atomic E-state index is 12.8. The monoisotopic (exact) mass is 547 g/mol. The first kappa shape index (κ1) is 25.5. The summed E-state index contributed by atoms with van der Waals surface area (Å²) < 4.78 is 21.3. The maximum Gasteiger partial charge on any atom is 0.261 e. The number of anilines is 1. The molecule has 40 heavy (non-hydrogen) atoms. The van der Waals surface area contributed by atoms with Gasteiger partial charge >= 0.3 is 0 Å². The fourth-order valence-electron chi connectivity index (χ4n) is 6.51. The molecule has 1 aromatic carbocycles. The first-order valence-electron chi connectivity index (χ1n) is 13.9. The zero-order valence-electron chi connectivity index (χ0n) is 22.7. The van der Waals surface area contributed by atoms with Crippen LogP contribution in [0.5, 0.6) is 0 Å². The van der Waals surface area contributed by atoms with Gasteiger partial charge in [0.2, 0.25) is 5.72 Å². The largest absolute Gasteiger partial charge is 0.382 e. The second-order valence-electron chi connectivity index (χ2n) is 11.5. The Morgan fingerprint density at radius 3 is 2.55 bits per heavy atom. The molecule has 12 heteroatoms. The van der Waals surface area contributed by atoms with Gasteiger partial charge in [0, 0.05) is 25.7 Å². The van der Waals surface area contributed by atoms with Crippen molar-refractivity contribution >= 4 is 28.8 Å². The molecule has 2 saturated heterocycles. The summed E-state index contributed by atoms with van der Waals surface area (Å²) in [5.74, 6) is -0.959. The molecule has 12 nitrogen and oxygen atoms in total. The molecule has 4 aliphatic rings. The van der Waals surface area contributed by atoms with Crippen molar-refractivity contribution in [2.24, 2.45) is 0 Å². The van der Waals surface area contributed by atoms with Crippen LogP contribution >= 0.6 is 0 Å². The number of hydrogen-bond donors (Lipinski definition) is 1. The summed E-state index contributed by atoms with van der Waals surface area (Å²) in [4.78, 5) is 42.4. The molecule has 3 fully saturated rings. The van der Waals surface area contributed by atoms with E-state index in [1.165, 1.54) is 17.6 Å². The number of benzene rings is 1. The van der Waals surface area contributed by atoms with Gasteiger partial charge in [-0.25, -0.2) is 15.0 Å². The molecule has 0 radical (unpaired) electrons. The van der Waals surface area contributed by atoms with Gasteiger partial charge in [-0.2, -0.15) is 0 Å². The minimum Gasteiger partial charge on any atom is -0.382 e. The van der Waals surface area contributed by atoms with Crippen LogP contribution in [-0.2, 0) is 19.9 Å². The first-order valence-corrected chi connectivity index (χ1v) is 13.9. The second-order valence-corrected chi connectivity index (χ2v) is 11.5. The average molecular weight is 548 g/mol. The Morgan fingerprint density at radius 1 is 1.10 bits per heavy atom. The molecule has 2 N–H and O–H groups in total.